The number of esters is 1. The van der Waals surface area contributed by atoms with Gasteiger partial charge in [-0.25, -0.2) is 0 Å². The average Bonchev–Trinajstić information content (AvgIpc) is 3.18. The predicted molar refractivity (Wildman–Crippen MR) is 132 cm³/mol. The van der Waals surface area contributed by atoms with E-state index in [2.05, 4.69) is 40.6 Å². The molecule has 0 bridgehead atoms. The minimum absolute atomic E-state index is 0.0486. The zero-order valence-electron chi connectivity index (χ0n) is 19.8. The Morgan fingerprint density at radius 1 is 0.941 bits per heavy atom. The van der Waals surface area contributed by atoms with E-state index < -0.39 is 0 Å². The van der Waals surface area contributed by atoms with E-state index in [1.165, 1.54) is 16.0 Å². The molecule has 34 heavy (non-hydrogen) atoms. The first-order valence-electron chi connectivity index (χ1n) is 12.1. The summed E-state index contributed by atoms with van der Waals surface area (Å²) >= 11 is 1.80. The number of hydrogen-bond donors (Lipinski definition) is 0. The first-order chi connectivity index (χ1) is 16.6. The summed E-state index contributed by atoms with van der Waals surface area (Å²) < 4.78 is 4.92. The Balaban J connectivity index is 1.36. The molecule has 1 atom stereocenters. The topological polar surface area (TPSA) is 70.2 Å². The second kappa shape index (κ2) is 11.6. The molecule has 1 saturated heterocycles. The van der Waals surface area contributed by atoms with Crippen LogP contribution in [0.15, 0.2) is 41.8 Å². The lowest BCUT2D eigenvalue weighted by atomic mass is 9.93. The average molecular weight is 484 g/mol. The molecule has 8 heteroatoms. The lowest BCUT2D eigenvalue weighted by Crippen LogP contribution is -2.45. The van der Waals surface area contributed by atoms with E-state index in [9.17, 15) is 14.4 Å². The molecule has 7 nitrogen and oxygen atoms in total. The Morgan fingerprint density at radius 2 is 1.68 bits per heavy atom. The Bertz CT molecular complexity index is 993. The molecule has 0 unspecified atom stereocenters. The van der Waals surface area contributed by atoms with Crippen molar-refractivity contribution in [2.24, 2.45) is 0 Å². The van der Waals surface area contributed by atoms with Gasteiger partial charge in [0, 0.05) is 44.0 Å². The smallest absolute Gasteiger partial charge is 0.306 e. The van der Waals surface area contributed by atoms with Gasteiger partial charge >= 0.3 is 5.97 Å². The van der Waals surface area contributed by atoms with Crippen molar-refractivity contribution in [3.63, 3.8) is 0 Å². The third kappa shape index (κ3) is 5.85. The van der Waals surface area contributed by atoms with Crippen molar-refractivity contribution >= 4 is 29.1 Å². The normalized spacial score (nSPS) is 18.8. The fourth-order valence-corrected chi connectivity index (χ4v) is 5.76. The van der Waals surface area contributed by atoms with Gasteiger partial charge in [-0.3, -0.25) is 19.3 Å². The van der Waals surface area contributed by atoms with Gasteiger partial charge < -0.3 is 14.5 Å². The van der Waals surface area contributed by atoms with Crippen LogP contribution in [0.3, 0.4) is 0 Å². The Hall–Kier alpha value is -2.71. The standard InChI is InChI=1S/C26H33N3O4S/c1-2-33-25(32)10-9-23(30)27-13-6-14-28(17-16-27)24(31)19-29-15-11-22-21(12-18-34-22)26(29)20-7-4-3-5-8-20/h3-5,7-8,12,18,26H,2,6,9-11,13-17,19H2,1H3/t26-/m1/s1. The maximum absolute atomic E-state index is 13.3. The van der Waals surface area contributed by atoms with Crippen LogP contribution in [-0.4, -0.2) is 78.4 Å². The highest BCUT2D eigenvalue weighted by Gasteiger charge is 2.32. The minimum atomic E-state index is -0.342. The van der Waals surface area contributed by atoms with Gasteiger partial charge in [0.15, 0.2) is 0 Å². The largest absolute Gasteiger partial charge is 0.466 e. The number of ether oxygens (including phenoxy) is 1. The maximum Gasteiger partial charge on any atom is 0.306 e. The van der Waals surface area contributed by atoms with Crippen LogP contribution in [0, 0.1) is 0 Å². The highest BCUT2D eigenvalue weighted by atomic mass is 32.1. The van der Waals surface area contributed by atoms with Crippen molar-refractivity contribution in [1.82, 2.24) is 14.7 Å². The van der Waals surface area contributed by atoms with Crippen LogP contribution in [0.4, 0.5) is 0 Å². The highest BCUT2D eigenvalue weighted by Crippen LogP contribution is 2.37. The quantitative estimate of drug-likeness (QED) is 0.566. The van der Waals surface area contributed by atoms with Crippen molar-refractivity contribution in [3.8, 4) is 0 Å². The number of carbonyl (C=O) groups excluding carboxylic acids is 3. The Labute approximate surface area is 205 Å². The lowest BCUT2D eigenvalue weighted by Gasteiger charge is -2.37. The van der Waals surface area contributed by atoms with E-state index in [1.54, 1.807) is 23.2 Å². The summed E-state index contributed by atoms with van der Waals surface area (Å²) in [5, 5.41) is 2.15. The van der Waals surface area contributed by atoms with Crippen LogP contribution in [0.2, 0.25) is 0 Å². The molecule has 2 aromatic rings. The number of amides is 2. The second-order valence-corrected chi connectivity index (χ2v) is 9.75. The molecule has 3 heterocycles. The first kappa shape index (κ1) is 24.4. The summed E-state index contributed by atoms with van der Waals surface area (Å²) in [7, 11) is 0. The summed E-state index contributed by atoms with van der Waals surface area (Å²) in [6.45, 7) is 5.58. The van der Waals surface area contributed by atoms with Crippen LogP contribution in [-0.2, 0) is 25.5 Å². The van der Waals surface area contributed by atoms with Crippen LogP contribution < -0.4 is 0 Å². The van der Waals surface area contributed by atoms with E-state index in [-0.39, 0.29) is 36.7 Å². The monoisotopic (exact) mass is 483 g/mol. The summed E-state index contributed by atoms with van der Waals surface area (Å²) in [5.74, 6) is -0.279. The number of benzene rings is 1. The van der Waals surface area contributed by atoms with Gasteiger partial charge in [-0.1, -0.05) is 30.3 Å². The van der Waals surface area contributed by atoms with Crippen molar-refractivity contribution < 1.29 is 19.1 Å². The predicted octanol–water partition coefficient (Wildman–Crippen LogP) is 3.10. The van der Waals surface area contributed by atoms with E-state index in [0.717, 1.165) is 19.4 Å². The molecule has 2 amide bonds. The number of rotatable bonds is 7. The molecule has 0 spiro atoms. The molecule has 1 fully saturated rings. The minimum Gasteiger partial charge on any atom is -0.466 e. The van der Waals surface area contributed by atoms with Crippen molar-refractivity contribution in [1.29, 1.82) is 0 Å². The van der Waals surface area contributed by atoms with E-state index >= 15 is 0 Å². The van der Waals surface area contributed by atoms with E-state index in [0.29, 0.717) is 39.3 Å². The number of hydrogen-bond acceptors (Lipinski definition) is 6. The molecule has 0 radical (unpaired) electrons. The zero-order valence-corrected chi connectivity index (χ0v) is 20.6. The number of carbonyl (C=O) groups is 3. The lowest BCUT2D eigenvalue weighted by molar-refractivity contribution is -0.145. The number of thiophene rings is 1. The van der Waals surface area contributed by atoms with Crippen LogP contribution in [0.25, 0.3) is 0 Å². The summed E-state index contributed by atoms with van der Waals surface area (Å²) in [5.41, 5.74) is 2.52. The molecule has 182 valence electrons. The van der Waals surface area contributed by atoms with Crippen LogP contribution in [0.5, 0.6) is 0 Å². The van der Waals surface area contributed by atoms with Gasteiger partial charge in [0.25, 0.3) is 0 Å². The van der Waals surface area contributed by atoms with Gasteiger partial charge in [0.05, 0.1) is 25.6 Å². The number of nitrogens with zero attached hydrogens (tertiary/aromatic N) is 3. The van der Waals surface area contributed by atoms with Gasteiger partial charge in [0.2, 0.25) is 11.8 Å². The molecule has 1 aromatic carbocycles. The molecular weight excluding hydrogens is 450 g/mol. The molecule has 1 aromatic heterocycles. The molecule has 2 aliphatic rings. The fourth-order valence-electron chi connectivity index (χ4n) is 4.85. The van der Waals surface area contributed by atoms with E-state index in [4.69, 9.17) is 4.74 Å². The first-order valence-corrected chi connectivity index (χ1v) is 13.0. The van der Waals surface area contributed by atoms with Crippen molar-refractivity contribution in [2.75, 3.05) is 45.9 Å². The van der Waals surface area contributed by atoms with Gasteiger partial charge in [0.1, 0.15) is 0 Å². The maximum atomic E-state index is 13.3. The zero-order chi connectivity index (χ0) is 23.9. The highest BCUT2D eigenvalue weighted by molar-refractivity contribution is 7.10. The molecule has 4 rings (SSSR count). The van der Waals surface area contributed by atoms with Gasteiger partial charge in [-0.2, -0.15) is 0 Å². The summed E-state index contributed by atoms with van der Waals surface area (Å²) in [6.07, 6.45) is 1.97. The molecule has 0 saturated carbocycles. The van der Waals surface area contributed by atoms with Gasteiger partial charge in [-0.05, 0) is 42.3 Å². The van der Waals surface area contributed by atoms with Crippen LogP contribution >= 0.6 is 11.3 Å². The third-order valence-corrected chi connectivity index (χ3v) is 7.57. The summed E-state index contributed by atoms with van der Waals surface area (Å²) in [4.78, 5) is 44.8. The summed E-state index contributed by atoms with van der Waals surface area (Å²) in [6, 6.07) is 12.7. The third-order valence-electron chi connectivity index (χ3n) is 6.57. The number of fused-ring (bicyclic) bond motifs is 1. The molecule has 2 aliphatic heterocycles. The molecular formula is C26H33N3O4S. The van der Waals surface area contributed by atoms with Crippen LogP contribution in [0.1, 0.15) is 48.2 Å². The molecule has 0 aliphatic carbocycles. The molecule has 0 N–H and O–H groups in total. The Kier molecular flexibility index (Phi) is 8.34. The fraction of sp³-hybridized carbons (Fsp3) is 0.500. The van der Waals surface area contributed by atoms with Crippen molar-refractivity contribution in [3.05, 3.63) is 57.8 Å². The van der Waals surface area contributed by atoms with Crippen molar-refractivity contribution in [2.45, 2.75) is 38.6 Å². The van der Waals surface area contributed by atoms with E-state index in [1.807, 2.05) is 11.0 Å². The SMILES string of the molecule is CCOC(=O)CCC(=O)N1CCCN(C(=O)CN2CCc3sccc3[C@H]2c2ccccc2)CC1. The second-order valence-electron chi connectivity index (χ2n) is 8.75. The Morgan fingerprint density at radius 3 is 2.41 bits per heavy atom. The van der Waals surface area contributed by atoms with Gasteiger partial charge in [-0.15, -0.1) is 11.3 Å².